The second-order valence-electron chi connectivity index (χ2n) is 5.71. The van der Waals surface area contributed by atoms with Crippen LogP contribution in [0.2, 0.25) is 0 Å². The van der Waals surface area contributed by atoms with Crippen LogP contribution in [0.3, 0.4) is 0 Å². The number of fused-ring (bicyclic) bond motifs is 1. The first-order chi connectivity index (χ1) is 12.0. The molecule has 0 aliphatic rings. The predicted octanol–water partition coefficient (Wildman–Crippen LogP) is 2.65. The van der Waals surface area contributed by atoms with E-state index in [1.54, 1.807) is 12.1 Å². The molecule has 130 valence electrons. The first-order valence-electron chi connectivity index (χ1n) is 7.88. The van der Waals surface area contributed by atoms with Crippen LogP contribution in [0.4, 0.5) is 5.69 Å². The zero-order chi connectivity index (χ0) is 17.9. The molecule has 0 bridgehead atoms. The standard InChI is InChI=1S/C18H19N3O3S/c1-13(22)21-15-6-8-16(9-7-15)25(23,24)20-11-10-14-12-19-18-5-3-2-4-17(14)18/h2-9,12,19-20H,10-11H2,1H3,(H,21,22). The third-order valence-corrected chi connectivity index (χ3v) is 5.32. The van der Waals surface area contributed by atoms with E-state index in [-0.39, 0.29) is 10.8 Å². The highest BCUT2D eigenvalue weighted by Crippen LogP contribution is 2.18. The molecule has 3 aromatic rings. The average molecular weight is 357 g/mol. The van der Waals surface area contributed by atoms with E-state index in [0.717, 1.165) is 16.5 Å². The van der Waals surface area contributed by atoms with Crippen LogP contribution < -0.4 is 10.0 Å². The van der Waals surface area contributed by atoms with Gasteiger partial charge in [-0.3, -0.25) is 4.79 Å². The Labute approximate surface area is 146 Å². The molecule has 1 aromatic heterocycles. The minimum atomic E-state index is -3.58. The molecule has 2 aromatic carbocycles. The Morgan fingerprint density at radius 1 is 1.08 bits per heavy atom. The lowest BCUT2D eigenvalue weighted by Crippen LogP contribution is -2.26. The molecule has 0 saturated heterocycles. The van der Waals surface area contributed by atoms with Crippen molar-refractivity contribution >= 4 is 32.5 Å². The second kappa shape index (κ2) is 7.08. The number of hydrogen-bond donors (Lipinski definition) is 3. The van der Waals surface area contributed by atoms with Crippen LogP contribution in [0, 0.1) is 0 Å². The molecule has 25 heavy (non-hydrogen) atoms. The predicted molar refractivity (Wildman–Crippen MR) is 97.9 cm³/mol. The summed E-state index contributed by atoms with van der Waals surface area (Å²) < 4.78 is 27.3. The Morgan fingerprint density at radius 2 is 1.80 bits per heavy atom. The normalized spacial score (nSPS) is 11.6. The van der Waals surface area contributed by atoms with Crippen LogP contribution in [0.25, 0.3) is 10.9 Å². The lowest BCUT2D eigenvalue weighted by molar-refractivity contribution is -0.114. The first kappa shape index (κ1) is 17.2. The van der Waals surface area contributed by atoms with Crippen molar-refractivity contribution in [1.29, 1.82) is 0 Å². The molecular weight excluding hydrogens is 338 g/mol. The van der Waals surface area contributed by atoms with Crippen LogP contribution in [0.15, 0.2) is 59.6 Å². The van der Waals surface area contributed by atoms with Gasteiger partial charge in [-0.05, 0) is 42.3 Å². The van der Waals surface area contributed by atoms with Gasteiger partial charge in [0, 0.05) is 36.3 Å². The molecule has 0 saturated carbocycles. The van der Waals surface area contributed by atoms with E-state index < -0.39 is 10.0 Å². The van der Waals surface area contributed by atoms with Gasteiger partial charge in [-0.1, -0.05) is 18.2 Å². The van der Waals surface area contributed by atoms with Crippen molar-refractivity contribution in [2.75, 3.05) is 11.9 Å². The van der Waals surface area contributed by atoms with Crippen molar-refractivity contribution in [3.63, 3.8) is 0 Å². The number of rotatable bonds is 6. The molecule has 1 amide bonds. The first-order valence-corrected chi connectivity index (χ1v) is 9.36. The van der Waals surface area contributed by atoms with Crippen LogP contribution in [-0.2, 0) is 21.2 Å². The molecular formula is C18H19N3O3S. The highest BCUT2D eigenvalue weighted by molar-refractivity contribution is 7.89. The molecule has 3 N–H and O–H groups in total. The molecule has 3 rings (SSSR count). The number of hydrogen-bond acceptors (Lipinski definition) is 3. The summed E-state index contributed by atoms with van der Waals surface area (Å²) in [6.07, 6.45) is 2.49. The molecule has 0 aliphatic carbocycles. The van der Waals surface area contributed by atoms with Gasteiger partial charge < -0.3 is 10.3 Å². The maximum absolute atomic E-state index is 12.4. The van der Waals surface area contributed by atoms with Gasteiger partial charge >= 0.3 is 0 Å². The number of aromatic nitrogens is 1. The number of H-pyrrole nitrogens is 1. The average Bonchev–Trinajstić information content (AvgIpc) is 2.98. The summed E-state index contributed by atoms with van der Waals surface area (Å²) in [5, 5.41) is 3.70. The van der Waals surface area contributed by atoms with Crippen LogP contribution >= 0.6 is 0 Å². The Kier molecular flexibility index (Phi) is 4.87. The van der Waals surface area contributed by atoms with Gasteiger partial charge in [-0.15, -0.1) is 0 Å². The highest BCUT2D eigenvalue weighted by Gasteiger charge is 2.14. The van der Waals surface area contributed by atoms with Gasteiger partial charge in [0.2, 0.25) is 15.9 Å². The zero-order valence-corrected chi connectivity index (χ0v) is 14.6. The third-order valence-electron chi connectivity index (χ3n) is 3.85. The van der Waals surface area contributed by atoms with E-state index in [2.05, 4.69) is 15.0 Å². The number of para-hydroxylation sites is 1. The zero-order valence-electron chi connectivity index (χ0n) is 13.7. The summed E-state index contributed by atoms with van der Waals surface area (Å²) in [7, 11) is -3.58. The fourth-order valence-corrected chi connectivity index (χ4v) is 3.69. The van der Waals surface area contributed by atoms with Crippen LogP contribution in [0.5, 0.6) is 0 Å². The van der Waals surface area contributed by atoms with Crippen molar-refractivity contribution < 1.29 is 13.2 Å². The molecule has 0 unspecified atom stereocenters. The van der Waals surface area contributed by atoms with Gasteiger partial charge in [-0.25, -0.2) is 13.1 Å². The number of sulfonamides is 1. The van der Waals surface area contributed by atoms with E-state index in [9.17, 15) is 13.2 Å². The van der Waals surface area contributed by atoms with E-state index in [1.165, 1.54) is 19.1 Å². The molecule has 1 heterocycles. The fraction of sp³-hybridized carbons (Fsp3) is 0.167. The summed E-state index contributed by atoms with van der Waals surface area (Å²) in [6, 6.07) is 14.0. The molecule has 0 aliphatic heterocycles. The second-order valence-corrected chi connectivity index (χ2v) is 7.48. The van der Waals surface area contributed by atoms with E-state index in [1.807, 2.05) is 30.5 Å². The molecule has 7 heteroatoms. The minimum Gasteiger partial charge on any atom is -0.361 e. The van der Waals surface area contributed by atoms with Gasteiger partial charge in [0.25, 0.3) is 0 Å². The van der Waals surface area contributed by atoms with Crippen LogP contribution in [0.1, 0.15) is 12.5 Å². The fourth-order valence-electron chi connectivity index (χ4n) is 2.66. The van der Waals surface area contributed by atoms with Crippen molar-refractivity contribution in [2.45, 2.75) is 18.2 Å². The van der Waals surface area contributed by atoms with Crippen molar-refractivity contribution in [3.8, 4) is 0 Å². The highest BCUT2D eigenvalue weighted by atomic mass is 32.2. The summed E-state index contributed by atoms with van der Waals surface area (Å²) in [4.78, 5) is 14.3. The van der Waals surface area contributed by atoms with Crippen LogP contribution in [-0.4, -0.2) is 25.9 Å². The SMILES string of the molecule is CC(=O)Nc1ccc(S(=O)(=O)NCCc2c[nH]c3ccccc23)cc1. The Hall–Kier alpha value is -2.64. The molecule has 0 fully saturated rings. The summed E-state index contributed by atoms with van der Waals surface area (Å²) >= 11 is 0. The number of amides is 1. The van der Waals surface area contributed by atoms with Gasteiger partial charge in [0.15, 0.2) is 0 Å². The third kappa shape index (κ3) is 4.07. The van der Waals surface area contributed by atoms with Crippen molar-refractivity contribution in [1.82, 2.24) is 9.71 Å². The monoisotopic (exact) mass is 357 g/mol. The Bertz CT molecular complexity index is 992. The van der Waals surface area contributed by atoms with Gasteiger partial charge in [0.1, 0.15) is 0 Å². The number of nitrogens with one attached hydrogen (secondary N) is 3. The topological polar surface area (TPSA) is 91.1 Å². The summed E-state index contributed by atoms with van der Waals surface area (Å²) in [5.74, 6) is -0.201. The maximum Gasteiger partial charge on any atom is 0.240 e. The van der Waals surface area contributed by atoms with Gasteiger partial charge in [0.05, 0.1) is 4.90 Å². The number of carbonyl (C=O) groups excluding carboxylic acids is 1. The molecule has 0 radical (unpaired) electrons. The van der Waals surface area contributed by atoms with Gasteiger partial charge in [-0.2, -0.15) is 0 Å². The van der Waals surface area contributed by atoms with E-state index >= 15 is 0 Å². The number of benzene rings is 2. The van der Waals surface area contributed by atoms with Crippen molar-refractivity contribution in [2.24, 2.45) is 0 Å². The quantitative estimate of drug-likeness (QED) is 0.633. The molecule has 6 nitrogen and oxygen atoms in total. The number of carbonyl (C=O) groups is 1. The Balaban J connectivity index is 1.64. The van der Waals surface area contributed by atoms with E-state index in [4.69, 9.17) is 0 Å². The Morgan fingerprint density at radius 3 is 2.52 bits per heavy atom. The molecule has 0 atom stereocenters. The largest absolute Gasteiger partial charge is 0.361 e. The number of anilines is 1. The minimum absolute atomic E-state index is 0.167. The van der Waals surface area contributed by atoms with E-state index in [0.29, 0.717) is 18.7 Å². The lowest BCUT2D eigenvalue weighted by Gasteiger charge is -2.08. The summed E-state index contributed by atoms with van der Waals surface area (Å²) in [6.45, 7) is 1.70. The lowest BCUT2D eigenvalue weighted by atomic mass is 10.1. The number of aromatic amines is 1. The smallest absolute Gasteiger partial charge is 0.240 e. The molecule has 0 spiro atoms. The maximum atomic E-state index is 12.4. The van der Waals surface area contributed by atoms with Crippen molar-refractivity contribution in [3.05, 3.63) is 60.3 Å². The summed E-state index contributed by atoms with van der Waals surface area (Å²) in [5.41, 5.74) is 2.67.